The number of carbonyl (C=O) groups is 1. The molecule has 5 nitrogen and oxygen atoms in total. The van der Waals surface area contributed by atoms with Crippen LogP contribution in [-0.4, -0.2) is 23.6 Å². The molecule has 0 spiro atoms. The molecular formula is C12H18ClN3O2. The molecule has 1 aromatic heterocycles. The Morgan fingerprint density at radius 1 is 1.67 bits per heavy atom. The zero-order valence-electron chi connectivity index (χ0n) is 10.3. The van der Waals surface area contributed by atoms with E-state index < -0.39 is 6.10 Å². The Morgan fingerprint density at radius 3 is 2.94 bits per heavy atom. The minimum Gasteiger partial charge on any atom is -0.384 e. The van der Waals surface area contributed by atoms with Crippen LogP contribution >= 0.6 is 12.4 Å². The first kappa shape index (κ1) is 16.4. The van der Waals surface area contributed by atoms with Crippen molar-refractivity contribution in [2.45, 2.75) is 19.4 Å². The molecule has 0 saturated heterocycles. The highest BCUT2D eigenvalue weighted by Gasteiger charge is 2.12. The first-order valence-corrected chi connectivity index (χ1v) is 5.38. The lowest BCUT2D eigenvalue weighted by Crippen LogP contribution is -2.28. The van der Waals surface area contributed by atoms with Crippen LogP contribution < -0.4 is 11.1 Å². The van der Waals surface area contributed by atoms with Gasteiger partial charge in [0, 0.05) is 0 Å². The molecular weight excluding hydrogens is 254 g/mol. The summed E-state index contributed by atoms with van der Waals surface area (Å²) in [6, 6.07) is 3.32. The third-order valence-electron chi connectivity index (χ3n) is 2.11. The molecule has 1 aromatic rings. The van der Waals surface area contributed by atoms with Gasteiger partial charge in [0.05, 0.1) is 18.5 Å². The fraction of sp³-hybridized carbons (Fsp3) is 0.333. The second kappa shape index (κ2) is 8.49. The molecule has 0 aliphatic carbocycles. The van der Waals surface area contributed by atoms with Crippen molar-refractivity contribution in [3.05, 3.63) is 31.0 Å². The molecule has 0 aromatic carbocycles. The summed E-state index contributed by atoms with van der Waals surface area (Å²) in [5, 5.41) is 2.69. The maximum absolute atomic E-state index is 11.7. The standard InChI is InChI=1S/C12H17N3O2.ClH/c1-3-4-7-17-9(2)12(16)15-10-5-6-11(13)14-8-10;/h3,5-6,8-9H,1,4,7H2,2H3,(H2,13,14)(H,15,16);1H. The number of nitrogens with one attached hydrogen (secondary N) is 1. The fourth-order valence-corrected chi connectivity index (χ4v) is 1.13. The first-order valence-electron chi connectivity index (χ1n) is 5.38. The van der Waals surface area contributed by atoms with Gasteiger partial charge in [0.25, 0.3) is 5.91 Å². The Hall–Kier alpha value is -1.59. The molecule has 3 N–H and O–H groups in total. The predicted molar refractivity (Wildman–Crippen MR) is 74.8 cm³/mol. The van der Waals surface area contributed by atoms with Crippen LogP contribution in [0.3, 0.4) is 0 Å². The average Bonchev–Trinajstić information content (AvgIpc) is 2.32. The zero-order valence-corrected chi connectivity index (χ0v) is 11.1. The van der Waals surface area contributed by atoms with E-state index in [1.807, 2.05) is 0 Å². The Bertz CT molecular complexity index is 381. The van der Waals surface area contributed by atoms with Gasteiger partial charge < -0.3 is 15.8 Å². The van der Waals surface area contributed by atoms with Crippen LogP contribution in [0.4, 0.5) is 11.5 Å². The summed E-state index contributed by atoms with van der Waals surface area (Å²) in [6.45, 7) is 5.76. The molecule has 1 atom stereocenters. The summed E-state index contributed by atoms with van der Waals surface area (Å²) >= 11 is 0. The third-order valence-corrected chi connectivity index (χ3v) is 2.11. The van der Waals surface area contributed by atoms with Crippen molar-refractivity contribution >= 4 is 29.8 Å². The summed E-state index contributed by atoms with van der Waals surface area (Å²) in [4.78, 5) is 15.5. The van der Waals surface area contributed by atoms with Crippen LogP contribution in [0.2, 0.25) is 0 Å². The Balaban J connectivity index is 0.00000289. The molecule has 1 amide bonds. The van der Waals surface area contributed by atoms with Crippen LogP contribution in [0.1, 0.15) is 13.3 Å². The van der Waals surface area contributed by atoms with E-state index >= 15 is 0 Å². The SMILES string of the molecule is C=CCCOC(C)C(=O)Nc1ccc(N)nc1.Cl. The molecule has 0 saturated carbocycles. The van der Waals surface area contributed by atoms with Gasteiger partial charge in [-0.15, -0.1) is 19.0 Å². The number of amides is 1. The van der Waals surface area contributed by atoms with E-state index in [9.17, 15) is 4.79 Å². The maximum atomic E-state index is 11.7. The number of pyridine rings is 1. The van der Waals surface area contributed by atoms with E-state index in [4.69, 9.17) is 10.5 Å². The quantitative estimate of drug-likeness (QED) is 0.613. The fourth-order valence-electron chi connectivity index (χ4n) is 1.13. The molecule has 0 aliphatic heterocycles. The summed E-state index contributed by atoms with van der Waals surface area (Å²) in [5.74, 6) is 0.207. The molecule has 0 bridgehead atoms. The van der Waals surface area contributed by atoms with Crippen LogP contribution in [0.15, 0.2) is 31.0 Å². The summed E-state index contributed by atoms with van der Waals surface area (Å²) < 4.78 is 5.31. The van der Waals surface area contributed by atoms with Crippen molar-refractivity contribution in [3.8, 4) is 0 Å². The van der Waals surface area contributed by atoms with E-state index in [0.29, 0.717) is 18.1 Å². The number of hydrogen-bond donors (Lipinski definition) is 2. The number of aromatic nitrogens is 1. The van der Waals surface area contributed by atoms with Crippen molar-refractivity contribution in [3.63, 3.8) is 0 Å². The summed E-state index contributed by atoms with van der Waals surface area (Å²) in [6.07, 6.45) is 3.46. The van der Waals surface area contributed by atoms with Gasteiger partial charge in [0.15, 0.2) is 0 Å². The number of nitrogens with two attached hydrogens (primary N) is 1. The number of anilines is 2. The van der Waals surface area contributed by atoms with Gasteiger partial charge in [-0.1, -0.05) is 6.08 Å². The van der Waals surface area contributed by atoms with Gasteiger partial charge in [0.1, 0.15) is 11.9 Å². The second-order valence-corrected chi connectivity index (χ2v) is 3.55. The van der Waals surface area contributed by atoms with Crippen molar-refractivity contribution in [2.75, 3.05) is 17.7 Å². The van der Waals surface area contributed by atoms with Crippen LogP contribution in [0.25, 0.3) is 0 Å². The number of nitrogen functional groups attached to an aromatic ring is 1. The molecule has 1 rings (SSSR count). The van der Waals surface area contributed by atoms with Gasteiger partial charge in [-0.3, -0.25) is 4.79 Å². The molecule has 18 heavy (non-hydrogen) atoms. The minimum atomic E-state index is -0.507. The minimum absolute atomic E-state index is 0. The lowest BCUT2D eigenvalue weighted by molar-refractivity contribution is -0.126. The average molecular weight is 272 g/mol. The van der Waals surface area contributed by atoms with Gasteiger partial charge in [-0.05, 0) is 25.5 Å². The number of halogens is 1. The Kier molecular flexibility index (Phi) is 7.74. The van der Waals surface area contributed by atoms with Crippen molar-refractivity contribution in [1.82, 2.24) is 4.98 Å². The van der Waals surface area contributed by atoms with E-state index in [1.165, 1.54) is 6.20 Å². The zero-order chi connectivity index (χ0) is 12.7. The normalized spacial score (nSPS) is 11.2. The van der Waals surface area contributed by atoms with Gasteiger partial charge >= 0.3 is 0 Å². The number of rotatable bonds is 6. The van der Waals surface area contributed by atoms with Crippen molar-refractivity contribution in [1.29, 1.82) is 0 Å². The number of nitrogens with zero attached hydrogens (tertiary/aromatic N) is 1. The van der Waals surface area contributed by atoms with Crippen molar-refractivity contribution < 1.29 is 9.53 Å². The van der Waals surface area contributed by atoms with Gasteiger partial charge in [-0.2, -0.15) is 0 Å². The number of ether oxygens (including phenoxy) is 1. The third kappa shape index (κ3) is 5.65. The molecule has 1 unspecified atom stereocenters. The molecule has 0 aliphatic rings. The van der Waals surface area contributed by atoms with Crippen molar-refractivity contribution in [2.24, 2.45) is 0 Å². The monoisotopic (exact) mass is 271 g/mol. The summed E-state index contributed by atoms with van der Waals surface area (Å²) in [5.41, 5.74) is 6.04. The highest BCUT2D eigenvalue weighted by atomic mass is 35.5. The molecule has 6 heteroatoms. The van der Waals surface area contributed by atoms with Gasteiger partial charge in [0.2, 0.25) is 0 Å². The Morgan fingerprint density at radius 2 is 2.39 bits per heavy atom. The number of hydrogen-bond acceptors (Lipinski definition) is 4. The van der Waals surface area contributed by atoms with Gasteiger partial charge in [-0.25, -0.2) is 4.98 Å². The molecule has 1 heterocycles. The highest BCUT2D eigenvalue weighted by Crippen LogP contribution is 2.08. The highest BCUT2D eigenvalue weighted by molar-refractivity contribution is 5.93. The maximum Gasteiger partial charge on any atom is 0.253 e. The molecule has 0 radical (unpaired) electrons. The predicted octanol–water partition coefficient (Wildman–Crippen LogP) is 2.01. The van der Waals surface area contributed by atoms with E-state index in [0.717, 1.165) is 6.42 Å². The topological polar surface area (TPSA) is 77.2 Å². The lowest BCUT2D eigenvalue weighted by atomic mass is 10.3. The first-order chi connectivity index (χ1) is 8.13. The number of carbonyl (C=O) groups excluding carboxylic acids is 1. The largest absolute Gasteiger partial charge is 0.384 e. The smallest absolute Gasteiger partial charge is 0.253 e. The lowest BCUT2D eigenvalue weighted by Gasteiger charge is -2.12. The second-order valence-electron chi connectivity index (χ2n) is 3.55. The molecule has 0 fully saturated rings. The van der Waals surface area contributed by atoms with Crippen LogP contribution in [-0.2, 0) is 9.53 Å². The van der Waals surface area contributed by atoms with Crippen LogP contribution in [0.5, 0.6) is 0 Å². The summed E-state index contributed by atoms with van der Waals surface area (Å²) in [7, 11) is 0. The van der Waals surface area contributed by atoms with E-state index in [2.05, 4.69) is 16.9 Å². The Labute approximate surface area is 113 Å². The van der Waals surface area contributed by atoms with Crippen LogP contribution in [0, 0.1) is 0 Å². The van der Waals surface area contributed by atoms with E-state index in [1.54, 1.807) is 25.1 Å². The van der Waals surface area contributed by atoms with E-state index in [-0.39, 0.29) is 18.3 Å². The molecule has 100 valence electrons.